The summed E-state index contributed by atoms with van der Waals surface area (Å²) in [5.41, 5.74) is 10.2. The molecule has 2 aromatic rings. The summed E-state index contributed by atoms with van der Waals surface area (Å²) in [7, 11) is 2.13. The number of nitrogens with zero attached hydrogens (tertiary/aromatic N) is 3. The molecule has 1 aromatic carbocycles. The lowest BCUT2D eigenvalue weighted by Crippen LogP contribution is -2.56. The van der Waals surface area contributed by atoms with Gasteiger partial charge in [-0.1, -0.05) is 0 Å². The van der Waals surface area contributed by atoms with Crippen molar-refractivity contribution < 1.29 is 9.59 Å². The third-order valence-electron chi connectivity index (χ3n) is 6.66. The molecule has 1 aromatic heterocycles. The second-order valence-electron chi connectivity index (χ2n) is 8.42. The van der Waals surface area contributed by atoms with Gasteiger partial charge >= 0.3 is 6.03 Å². The molecule has 0 spiro atoms. The van der Waals surface area contributed by atoms with Gasteiger partial charge in [0.25, 0.3) is 0 Å². The van der Waals surface area contributed by atoms with Crippen LogP contribution in [0.1, 0.15) is 49.0 Å². The lowest BCUT2D eigenvalue weighted by molar-refractivity contribution is 0.0941. The molecular formula is C22H31N5O2. The van der Waals surface area contributed by atoms with Crippen molar-refractivity contribution in [2.24, 2.45) is 0 Å². The van der Waals surface area contributed by atoms with Crippen LogP contribution in [0.3, 0.4) is 0 Å². The number of fused-ring (bicyclic) bond motifs is 2. The molecule has 156 valence electrons. The van der Waals surface area contributed by atoms with Crippen molar-refractivity contribution in [2.45, 2.75) is 51.6 Å². The highest BCUT2D eigenvalue weighted by molar-refractivity contribution is 5.98. The molecule has 1 saturated heterocycles. The number of carbonyl (C=O) groups is 2. The first-order valence-electron chi connectivity index (χ1n) is 10.5. The quantitative estimate of drug-likeness (QED) is 0.780. The zero-order valence-electron chi connectivity index (χ0n) is 17.7. The minimum absolute atomic E-state index is 0.000360. The topological polar surface area (TPSA) is 83.6 Å². The second-order valence-corrected chi connectivity index (χ2v) is 8.42. The van der Waals surface area contributed by atoms with Crippen molar-refractivity contribution in [1.82, 2.24) is 19.7 Å². The van der Waals surface area contributed by atoms with Crippen molar-refractivity contribution >= 4 is 28.5 Å². The molecule has 3 atom stereocenters. The van der Waals surface area contributed by atoms with Gasteiger partial charge in [0.1, 0.15) is 0 Å². The predicted molar refractivity (Wildman–Crippen MR) is 115 cm³/mol. The van der Waals surface area contributed by atoms with Crippen LogP contribution in [-0.4, -0.2) is 65.1 Å². The van der Waals surface area contributed by atoms with E-state index in [4.69, 9.17) is 5.73 Å². The van der Waals surface area contributed by atoms with Crippen molar-refractivity contribution in [3.63, 3.8) is 0 Å². The molecule has 2 heterocycles. The fourth-order valence-electron chi connectivity index (χ4n) is 5.28. The maximum Gasteiger partial charge on any atom is 0.317 e. The molecule has 4 rings (SSSR count). The van der Waals surface area contributed by atoms with Gasteiger partial charge in [-0.2, -0.15) is 0 Å². The van der Waals surface area contributed by atoms with Crippen LogP contribution in [0.2, 0.25) is 0 Å². The number of nitrogens with one attached hydrogen (secondary N) is 1. The summed E-state index contributed by atoms with van der Waals surface area (Å²) in [5, 5.41) is 4.40. The first kappa shape index (κ1) is 19.8. The summed E-state index contributed by atoms with van der Waals surface area (Å²) in [6.45, 7) is 7.81. The maximum atomic E-state index is 12.6. The Morgan fingerprint density at radius 3 is 2.66 bits per heavy atom. The third kappa shape index (κ3) is 3.27. The number of hydrogen-bond acceptors (Lipinski definition) is 4. The van der Waals surface area contributed by atoms with Crippen LogP contribution < -0.4 is 11.1 Å². The number of likely N-dealkylation sites (tertiary alicyclic amines) is 1. The van der Waals surface area contributed by atoms with E-state index < -0.39 is 0 Å². The minimum atomic E-state index is 0.000360. The Kier molecular flexibility index (Phi) is 5.02. The molecule has 0 radical (unpaired) electrons. The Balaban J connectivity index is 1.70. The Bertz CT molecular complexity index is 962. The van der Waals surface area contributed by atoms with Crippen LogP contribution in [0, 0.1) is 0 Å². The van der Waals surface area contributed by atoms with Crippen LogP contribution in [0.25, 0.3) is 10.9 Å². The minimum Gasteiger partial charge on any atom is -0.399 e. The van der Waals surface area contributed by atoms with Gasteiger partial charge in [-0.25, -0.2) is 4.79 Å². The van der Waals surface area contributed by atoms with E-state index in [0.29, 0.717) is 24.8 Å². The van der Waals surface area contributed by atoms with Crippen molar-refractivity contribution in [1.29, 1.82) is 0 Å². The molecule has 2 aliphatic rings. The number of urea groups is 1. The van der Waals surface area contributed by atoms with E-state index in [9.17, 15) is 9.59 Å². The van der Waals surface area contributed by atoms with Crippen LogP contribution >= 0.6 is 0 Å². The van der Waals surface area contributed by atoms with Gasteiger partial charge in [0.2, 0.25) is 5.91 Å². The number of amides is 2. The van der Waals surface area contributed by atoms with Gasteiger partial charge in [-0.05, 0) is 57.0 Å². The lowest BCUT2D eigenvalue weighted by Gasteiger charge is -2.46. The number of nitrogen functional groups attached to an aromatic ring is 1. The smallest absolute Gasteiger partial charge is 0.317 e. The lowest BCUT2D eigenvalue weighted by atomic mass is 9.74. The summed E-state index contributed by atoms with van der Waals surface area (Å²) < 4.78 is 1.72. The molecule has 29 heavy (non-hydrogen) atoms. The summed E-state index contributed by atoms with van der Waals surface area (Å²) in [6.07, 6.45) is 3.77. The zero-order chi connectivity index (χ0) is 20.9. The van der Waals surface area contributed by atoms with Gasteiger partial charge in [0.05, 0.1) is 5.52 Å². The Labute approximate surface area is 171 Å². The molecule has 7 heteroatoms. The first-order chi connectivity index (χ1) is 13.8. The third-order valence-corrected chi connectivity index (χ3v) is 6.66. The Morgan fingerprint density at radius 2 is 2.00 bits per heavy atom. The van der Waals surface area contributed by atoms with E-state index in [2.05, 4.69) is 23.3 Å². The van der Waals surface area contributed by atoms with Gasteiger partial charge in [0, 0.05) is 61.8 Å². The van der Waals surface area contributed by atoms with E-state index in [-0.39, 0.29) is 23.9 Å². The molecule has 0 bridgehead atoms. The van der Waals surface area contributed by atoms with E-state index in [0.717, 1.165) is 24.9 Å². The number of rotatable bonds is 3. The van der Waals surface area contributed by atoms with Crippen LogP contribution in [0.5, 0.6) is 0 Å². The fraction of sp³-hybridized carbons (Fsp3) is 0.545. The molecular weight excluding hydrogens is 366 g/mol. The normalized spacial score (nSPS) is 23.7. The monoisotopic (exact) mass is 397 g/mol. The second kappa shape index (κ2) is 7.37. The van der Waals surface area contributed by atoms with Gasteiger partial charge < -0.3 is 20.9 Å². The molecule has 3 N–H and O–H groups in total. The SMILES string of the molecule is CCN(CC)C(=O)N[C@H]1CC2c3cc(N)cc4c3c(cn4C(C)=O)C[C@H]2N(C)C1. The zero-order valence-corrected chi connectivity index (χ0v) is 17.7. The number of carbonyl (C=O) groups excluding carboxylic acids is 2. The van der Waals surface area contributed by atoms with Crippen molar-refractivity contribution in [2.75, 3.05) is 32.4 Å². The highest BCUT2D eigenvalue weighted by Crippen LogP contribution is 2.44. The average molecular weight is 398 g/mol. The summed E-state index contributed by atoms with van der Waals surface area (Å²) in [4.78, 5) is 28.9. The number of anilines is 1. The standard InChI is InChI=1S/C22H31N5O2/c1-5-26(6-2)22(29)24-16-10-17-18-8-15(23)9-20-21(18)14(11-27(20)13(3)28)7-19(17)25(4)12-16/h8-9,11,16-17,19H,5-7,10,12,23H2,1-4H3,(H,24,29)/t16-,17?,19+/m0/s1. The van der Waals surface area contributed by atoms with Crippen LogP contribution in [0.15, 0.2) is 18.3 Å². The van der Waals surface area contributed by atoms with Crippen LogP contribution in [-0.2, 0) is 6.42 Å². The highest BCUT2D eigenvalue weighted by Gasteiger charge is 2.40. The van der Waals surface area contributed by atoms with E-state index in [1.165, 1.54) is 16.5 Å². The average Bonchev–Trinajstić information content (AvgIpc) is 3.03. The molecule has 1 fully saturated rings. The van der Waals surface area contributed by atoms with E-state index in [1.807, 2.05) is 31.0 Å². The number of benzene rings is 1. The maximum absolute atomic E-state index is 12.6. The van der Waals surface area contributed by atoms with Gasteiger partial charge in [0.15, 0.2) is 0 Å². The number of piperidine rings is 1. The number of aromatic nitrogens is 1. The number of nitrogens with two attached hydrogens (primary N) is 1. The molecule has 7 nitrogen and oxygen atoms in total. The molecule has 1 aliphatic carbocycles. The van der Waals surface area contributed by atoms with Gasteiger partial charge in [-0.15, -0.1) is 0 Å². The van der Waals surface area contributed by atoms with E-state index in [1.54, 1.807) is 11.5 Å². The fourth-order valence-corrected chi connectivity index (χ4v) is 5.28. The highest BCUT2D eigenvalue weighted by atomic mass is 16.2. The first-order valence-corrected chi connectivity index (χ1v) is 10.5. The molecule has 1 unspecified atom stereocenters. The summed E-state index contributed by atoms with van der Waals surface area (Å²) >= 11 is 0. The summed E-state index contributed by atoms with van der Waals surface area (Å²) in [6, 6.07) is 4.40. The van der Waals surface area contributed by atoms with Gasteiger partial charge in [-0.3, -0.25) is 9.36 Å². The van der Waals surface area contributed by atoms with E-state index >= 15 is 0 Å². The summed E-state index contributed by atoms with van der Waals surface area (Å²) in [5.74, 6) is 0.275. The van der Waals surface area contributed by atoms with Crippen LogP contribution in [0.4, 0.5) is 10.5 Å². The predicted octanol–water partition coefficient (Wildman–Crippen LogP) is 2.65. The van der Waals surface area contributed by atoms with Crippen molar-refractivity contribution in [3.8, 4) is 0 Å². The molecule has 0 saturated carbocycles. The Morgan fingerprint density at radius 1 is 1.28 bits per heavy atom. The largest absolute Gasteiger partial charge is 0.399 e. The number of hydrogen-bond donors (Lipinski definition) is 2. The number of likely N-dealkylation sites (N-methyl/N-ethyl adjacent to an activating group) is 1. The molecule has 2 amide bonds. The Hall–Kier alpha value is -2.54. The molecule has 1 aliphatic heterocycles. The van der Waals surface area contributed by atoms with Crippen molar-refractivity contribution in [3.05, 3.63) is 29.5 Å².